The molecule has 5 saturated heterocycles. The standard InChI is InChI=1S/C43H68O19S/c1-16(21-12-25-39(2,3)62-43(60-21,61-25)34(52)36(53)63-6)18-7-8-19-26-20(9-10-40(18,19)4)41(5)24(45)11-17(13-42(41,54)35-33(26)59-35)56-38-32(51)30(49)28(47)23(58-38)15-55-37-31(50)29(48)27(46)22(14-44)57-37/h16-35,37-38,44-52,54H,7-15H2,1-6H3/t16-,17-,18+,19-,20-,21+,22+,23+,24-,25+,26-,27+,28+,29-,30-,31+,32+,33-,34+,35-,37+,38+,40+,41-,42-,43?/m0/s1. The second kappa shape index (κ2) is 16.5. The van der Waals surface area contributed by atoms with Gasteiger partial charge >= 0.3 is 5.97 Å². The zero-order valence-electron chi connectivity index (χ0n) is 36.6. The molecule has 360 valence electrons. The first kappa shape index (κ1) is 47.4. The maximum Gasteiger partial charge on any atom is 0.320 e. The molecule has 63 heavy (non-hydrogen) atoms. The van der Waals surface area contributed by atoms with Gasteiger partial charge < -0.3 is 89.0 Å². The van der Waals surface area contributed by atoms with E-state index in [4.69, 9.17) is 37.9 Å². The minimum absolute atomic E-state index is 0.0255. The van der Waals surface area contributed by atoms with Gasteiger partial charge in [0.25, 0.3) is 0 Å². The molecule has 9 aliphatic rings. The van der Waals surface area contributed by atoms with E-state index in [-0.39, 0.29) is 66.2 Å². The summed E-state index contributed by atoms with van der Waals surface area (Å²) in [6.07, 6.45) is -15.3. The Hall–Kier alpha value is -0.700. The third kappa shape index (κ3) is 7.18. The van der Waals surface area contributed by atoms with Crippen LogP contribution in [0.5, 0.6) is 0 Å². The number of thioether (sulfide) groups is 1. The number of aliphatic hydroxyl groups is 10. The van der Waals surface area contributed by atoms with E-state index in [1.807, 2.05) is 20.8 Å². The van der Waals surface area contributed by atoms with Crippen molar-refractivity contribution in [2.24, 2.45) is 40.4 Å². The fraction of sp³-hybridized carbons (Fsp3) is 0.977. The lowest BCUT2D eigenvalue weighted by Crippen LogP contribution is -2.71. The van der Waals surface area contributed by atoms with Crippen LogP contribution in [-0.2, 0) is 42.7 Å². The molecule has 0 aromatic heterocycles. The highest BCUT2D eigenvalue weighted by Gasteiger charge is 2.79. The van der Waals surface area contributed by atoms with Crippen molar-refractivity contribution in [2.45, 2.75) is 201 Å². The lowest BCUT2D eigenvalue weighted by Gasteiger charge is -2.64. The van der Waals surface area contributed by atoms with Gasteiger partial charge in [-0.1, -0.05) is 32.5 Å². The summed E-state index contributed by atoms with van der Waals surface area (Å²) in [5, 5.41) is 108. The van der Waals surface area contributed by atoms with Gasteiger partial charge in [-0.3, -0.25) is 4.79 Å². The lowest BCUT2D eigenvalue weighted by molar-refractivity contribution is -0.408. The number of aliphatic hydroxyl groups excluding tert-OH is 9. The number of hydrogen-bond acceptors (Lipinski definition) is 20. The fourth-order valence-electron chi connectivity index (χ4n) is 14.0. The summed E-state index contributed by atoms with van der Waals surface area (Å²) >= 11 is 0.897. The van der Waals surface area contributed by atoms with Gasteiger partial charge in [0, 0.05) is 24.7 Å². The molecule has 4 saturated carbocycles. The highest BCUT2D eigenvalue weighted by molar-refractivity contribution is 8.13. The van der Waals surface area contributed by atoms with Crippen molar-refractivity contribution in [1.82, 2.24) is 0 Å². The highest BCUT2D eigenvalue weighted by atomic mass is 32.2. The molecule has 5 aliphatic heterocycles. The first-order chi connectivity index (χ1) is 29.6. The van der Waals surface area contributed by atoms with Gasteiger partial charge in [0.05, 0.1) is 49.3 Å². The van der Waals surface area contributed by atoms with E-state index < -0.39 is 127 Å². The molecule has 9 rings (SSSR count). The van der Waals surface area contributed by atoms with Crippen LogP contribution in [0.3, 0.4) is 0 Å². The topological polar surface area (TPSA) is 297 Å². The smallest absolute Gasteiger partial charge is 0.320 e. The second-order valence-electron chi connectivity index (χ2n) is 21.1. The third-order valence-electron chi connectivity index (χ3n) is 17.7. The van der Waals surface area contributed by atoms with E-state index in [1.165, 1.54) is 0 Å². The van der Waals surface area contributed by atoms with Crippen molar-refractivity contribution < 1.29 is 93.8 Å². The van der Waals surface area contributed by atoms with Gasteiger partial charge in [-0.25, -0.2) is 0 Å². The van der Waals surface area contributed by atoms with E-state index in [0.717, 1.165) is 37.4 Å². The Labute approximate surface area is 370 Å². The van der Waals surface area contributed by atoms with Gasteiger partial charge in [-0.15, -0.1) is 0 Å². The largest absolute Gasteiger partial charge is 0.394 e. The first-order valence-electron chi connectivity index (χ1n) is 22.7. The zero-order chi connectivity index (χ0) is 45.5. The number of rotatable bonds is 10. The highest BCUT2D eigenvalue weighted by Crippen LogP contribution is 2.73. The summed E-state index contributed by atoms with van der Waals surface area (Å²) in [6.45, 7) is 9.06. The minimum Gasteiger partial charge on any atom is -0.394 e. The number of fused-ring (bicyclic) bond motifs is 10. The van der Waals surface area contributed by atoms with Crippen LogP contribution in [0.15, 0.2) is 0 Å². The Morgan fingerprint density at radius 3 is 2.17 bits per heavy atom. The molecule has 5 heterocycles. The summed E-state index contributed by atoms with van der Waals surface area (Å²) in [5.41, 5.74) is -3.41. The van der Waals surface area contributed by atoms with Crippen molar-refractivity contribution in [3.63, 3.8) is 0 Å². The van der Waals surface area contributed by atoms with Crippen LogP contribution < -0.4 is 0 Å². The van der Waals surface area contributed by atoms with Gasteiger partial charge in [0.2, 0.25) is 11.2 Å². The monoisotopic (exact) mass is 920 g/mol. The molecular weight excluding hydrogens is 853 g/mol. The van der Waals surface area contributed by atoms with Gasteiger partial charge in [0.15, 0.2) is 12.6 Å². The van der Waals surface area contributed by atoms with E-state index in [2.05, 4.69) is 13.8 Å². The first-order valence-corrected chi connectivity index (χ1v) is 23.9. The predicted octanol–water partition coefficient (Wildman–Crippen LogP) is -1.75. The predicted molar refractivity (Wildman–Crippen MR) is 215 cm³/mol. The molecule has 0 radical (unpaired) electrons. The Kier molecular flexibility index (Phi) is 12.4. The molecule has 1 unspecified atom stereocenters. The van der Waals surface area contributed by atoms with E-state index in [0.29, 0.717) is 6.42 Å². The van der Waals surface area contributed by atoms with Crippen molar-refractivity contribution >= 4 is 16.9 Å². The zero-order valence-corrected chi connectivity index (χ0v) is 37.4. The molecule has 0 aromatic carbocycles. The van der Waals surface area contributed by atoms with Crippen molar-refractivity contribution in [3.05, 3.63) is 0 Å². The summed E-state index contributed by atoms with van der Waals surface area (Å²) in [5.74, 6) is -1.43. The molecule has 10 N–H and O–H groups in total. The quantitative estimate of drug-likeness (QED) is 0.0859. The molecule has 0 spiro atoms. The van der Waals surface area contributed by atoms with Crippen LogP contribution in [0, 0.1) is 40.4 Å². The Balaban J connectivity index is 0.876. The molecule has 2 bridgehead atoms. The molecule has 20 heteroatoms. The van der Waals surface area contributed by atoms with Crippen molar-refractivity contribution in [3.8, 4) is 0 Å². The summed E-state index contributed by atoms with van der Waals surface area (Å²) in [7, 11) is 0. The number of ether oxygens (including phenoxy) is 8. The van der Waals surface area contributed by atoms with Crippen LogP contribution >= 0.6 is 11.8 Å². The van der Waals surface area contributed by atoms with Crippen LogP contribution in [0.25, 0.3) is 0 Å². The van der Waals surface area contributed by atoms with Crippen LogP contribution in [0.1, 0.15) is 79.6 Å². The number of carbonyl (C=O) groups excluding carboxylic acids is 1. The Morgan fingerprint density at radius 1 is 0.825 bits per heavy atom. The molecule has 0 amide bonds. The number of hydrogen-bond donors (Lipinski definition) is 10. The average molecular weight is 921 g/mol. The SMILES string of the molecule is CSC(=O)[C@@H](O)C12O[C@@H]([C@@H](C)[C@H]3CC[C@H]4[C@@H]5[C@@H]6O[C@@H]6[C@@]6(O)C[C@@H](O[C@@H]7O[C@H](CO[C@@H]8O[C@H](CO)[C@@H](O)[C@H](O)[C@H]8O)[C@@H](O)[C@H](O)[C@H]7O)C[C@H](O)[C@]6(C)[C@H]5CC[C@]34C)C[C@@H](O1)C(C)(C)O2. The Bertz CT molecular complexity index is 1710. The molecular formula is C43H68O19S. The molecule has 26 atom stereocenters. The third-order valence-corrected chi connectivity index (χ3v) is 18.3. The van der Waals surface area contributed by atoms with Gasteiger partial charge in [0.1, 0.15) is 60.5 Å². The Morgan fingerprint density at radius 2 is 1.49 bits per heavy atom. The molecule has 4 aliphatic carbocycles. The number of epoxide rings is 1. The second-order valence-corrected chi connectivity index (χ2v) is 21.9. The van der Waals surface area contributed by atoms with E-state index in [1.54, 1.807) is 6.26 Å². The summed E-state index contributed by atoms with van der Waals surface area (Å²) < 4.78 is 48.5. The van der Waals surface area contributed by atoms with Crippen LogP contribution in [-0.4, -0.2) is 197 Å². The van der Waals surface area contributed by atoms with Crippen LogP contribution in [0.2, 0.25) is 0 Å². The van der Waals surface area contributed by atoms with E-state index >= 15 is 0 Å². The number of carbonyl (C=O) groups is 1. The van der Waals surface area contributed by atoms with Crippen LogP contribution in [0.4, 0.5) is 0 Å². The maximum absolute atomic E-state index is 12.8. The average Bonchev–Trinajstić information content (AvgIpc) is 3.94. The molecule has 0 aromatic rings. The van der Waals surface area contributed by atoms with Gasteiger partial charge in [-0.05, 0) is 80.8 Å². The lowest BCUT2D eigenvalue weighted by atomic mass is 9.42. The summed E-state index contributed by atoms with van der Waals surface area (Å²) in [4.78, 5) is 12.7. The normalized spacial score (nSPS) is 56.7. The molecule has 9 fully saturated rings. The fourth-order valence-corrected chi connectivity index (χ4v) is 14.4. The summed E-state index contributed by atoms with van der Waals surface area (Å²) in [6, 6.07) is 0. The maximum atomic E-state index is 12.8. The van der Waals surface area contributed by atoms with Gasteiger partial charge in [-0.2, -0.15) is 0 Å². The minimum atomic E-state index is -1.88. The van der Waals surface area contributed by atoms with Crippen molar-refractivity contribution in [1.29, 1.82) is 0 Å². The van der Waals surface area contributed by atoms with Crippen molar-refractivity contribution in [2.75, 3.05) is 19.5 Å². The molecule has 19 nitrogen and oxygen atoms in total. The van der Waals surface area contributed by atoms with E-state index in [9.17, 15) is 55.9 Å².